The molecule has 0 N–H and O–H groups in total. The Hall–Kier alpha value is -2.25. The van der Waals surface area contributed by atoms with Gasteiger partial charge in [0.1, 0.15) is 5.78 Å². The van der Waals surface area contributed by atoms with Crippen molar-refractivity contribution in [2.75, 3.05) is 0 Å². The third kappa shape index (κ3) is 3.73. The Morgan fingerprint density at radius 3 is 1.97 bits per heavy atom. The molecule has 0 aromatic carbocycles. The van der Waals surface area contributed by atoms with Gasteiger partial charge in [0.05, 0.1) is 5.41 Å². The van der Waals surface area contributed by atoms with E-state index in [0.717, 1.165) is 32.1 Å². The Bertz CT molecular complexity index is 939. The molecular formula is C27H38O8. The van der Waals surface area contributed by atoms with Crippen LogP contribution in [0, 0.1) is 40.4 Å². The molecule has 0 radical (unpaired) electrons. The summed E-state index contributed by atoms with van der Waals surface area (Å²) in [6, 6.07) is 0. The Kier molecular flexibility index (Phi) is 6.42. The predicted molar refractivity (Wildman–Crippen MR) is 123 cm³/mol. The van der Waals surface area contributed by atoms with Crippen molar-refractivity contribution in [3.8, 4) is 0 Å². The van der Waals surface area contributed by atoms with E-state index >= 15 is 0 Å². The van der Waals surface area contributed by atoms with Gasteiger partial charge in [-0.2, -0.15) is 0 Å². The van der Waals surface area contributed by atoms with E-state index < -0.39 is 41.0 Å². The normalized spacial score (nSPS) is 41.6. The smallest absolute Gasteiger partial charge is 0.306 e. The second-order valence-electron chi connectivity index (χ2n) is 11.7. The SMILES string of the molecule is CC(=O)OC1C(=O)C[C@@H]2CC[C@H]3[C@@H]4CC[C@H](C(C)=O)[C@@]4(C)CC[C@@H]3[C@@]2(C)C1(OC(C)=O)OC(C)=O. The Morgan fingerprint density at radius 1 is 0.800 bits per heavy atom. The summed E-state index contributed by atoms with van der Waals surface area (Å²) in [4.78, 5) is 62.8. The topological polar surface area (TPSA) is 113 Å². The lowest BCUT2D eigenvalue weighted by molar-refractivity contribution is -0.343. The zero-order valence-corrected chi connectivity index (χ0v) is 21.7. The molecule has 0 aliphatic heterocycles. The van der Waals surface area contributed by atoms with Crippen LogP contribution in [0.1, 0.15) is 86.5 Å². The highest BCUT2D eigenvalue weighted by Gasteiger charge is 2.75. The molecular weight excluding hydrogens is 452 g/mol. The van der Waals surface area contributed by atoms with Gasteiger partial charge in [0.25, 0.3) is 0 Å². The number of carbonyl (C=O) groups excluding carboxylic acids is 5. The molecule has 0 heterocycles. The van der Waals surface area contributed by atoms with Crippen LogP contribution in [0.4, 0.5) is 0 Å². The Morgan fingerprint density at radius 2 is 1.43 bits per heavy atom. The van der Waals surface area contributed by atoms with E-state index in [0.29, 0.717) is 12.3 Å². The highest BCUT2D eigenvalue weighted by atomic mass is 16.8. The van der Waals surface area contributed by atoms with Crippen LogP contribution in [0.25, 0.3) is 0 Å². The molecule has 4 aliphatic rings. The Balaban J connectivity index is 1.86. The van der Waals surface area contributed by atoms with Gasteiger partial charge < -0.3 is 14.2 Å². The van der Waals surface area contributed by atoms with Gasteiger partial charge in [0.15, 0.2) is 5.78 Å². The molecule has 1 unspecified atom stereocenters. The van der Waals surface area contributed by atoms with Crippen LogP contribution < -0.4 is 0 Å². The number of ether oxygens (including phenoxy) is 3. The van der Waals surface area contributed by atoms with E-state index in [1.807, 2.05) is 6.92 Å². The van der Waals surface area contributed by atoms with E-state index in [4.69, 9.17) is 14.2 Å². The first kappa shape index (κ1) is 25.8. The highest BCUT2D eigenvalue weighted by molar-refractivity contribution is 5.89. The van der Waals surface area contributed by atoms with Gasteiger partial charge >= 0.3 is 23.7 Å². The minimum atomic E-state index is -2.04. The highest BCUT2D eigenvalue weighted by Crippen LogP contribution is 2.69. The number of ketones is 2. The van der Waals surface area contributed by atoms with Crippen LogP contribution in [0.3, 0.4) is 0 Å². The third-order valence-electron chi connectivity index (χ3n) is 10.1. The summed E-state index contributed by atoms with van der Waals surface area (Å²) < 4.78 is 17.2. The van der Waals surface area contributed by atoms with E-state index in [9.17, 15) is 24.0 Å². The maximum Gasteiger partial charge on any atom is 0.306 e. The van der Waals surface area contributed by atoms with E-state index in [-0.39, 0.29) is 41.3 Å². The third-order valence-corrected chi connectivity index (χ3v) is 10.1. The molecule has 0 bridgehead atoms. The number of hydrogen-bond acceptors (Lipinski definition) is 8. The van der Waals surface area contributed by atoms with Crippen molar-refractivity contribution in [1.82, 2.24) is 0 Å². The van der Waals surface area contributed by atoms with Crippen molar-refractivity contribution in [1.29, 1.82) is 0 Å². The molecule has 0 spiro atoms. The lowest BCUT2D eigenvalue weighted by atomic mass is 9.42. The van der Waals surface area contributed by atoms with Gasteiger partial charge in [-0.25, -0.2) is 0 Å². The van der Waals surface area contributed by atoms with Crippen LogP contribution >= 0.6 is 0 Å². The molecule has 8 heteroatoms. The molecule has 194 valence electrons. The van der Waals surface area contributed by atoms with Gasteiger partial charge in [-0.1, -0.05) is 13.8 Å². The fourth-order valence-corrected chi connectivity index (χ4v) is 8.88. The first-order valence-corrected chi connectivity index (χ1v) is 12.9. The fraction of sp³-hybridized carbons (Fsp3) is 0.815. The van der Waals surface area contributed by atoms with Gasteiger partial charge in [0, 0.05) is 33.1 Å². The van der Waals surface area contributed by atoms with Crippen molar-refractivity contribution in [3.63, 3.8) is 0 Å². The van der Waals surface area contributed by atoms with Gasteiger partial charge in [-0.3, -0.25) is 24.0 Å². The molecule has 0 saturated heterocycles. The van der Waals surface area contributed by atoms with Crippen molar-refractivity contribution < 1.29 is 38.2 Å². The zero-order valence-electron chi connectivity index (χ0n) is 21.7. The average Bonchev–Trinajstić information content (AvgIpc) is 3.09. The summed E-state index contributed by atoms with van der Waals surface area (Å²) in [5.41, 5.74) is -1.03. The molecule has 8 atom stereocenters. The number of esters is 3. The second-order valence-corrected chi connectivity index (χ2v) is 11.7. The molecule has 4 fully saturated rings. The molecule has 4 rings (SSSR count). The summed E-state index contributed by atoms with van der Waals surface area (Å²) in [6.07, 6.45) is 3.65. The largest absolute Gasteiger partial charge is 0.446 e. The summed E-state index contributed by atoms with van der Waals surface area (Å²) in [5, 5.41) is 0. The Labute approximate surface area is 206 Å². The molecule has 4 aliphatic carbocycles. The van der Waals surface area contributed by atoms with E-state index in [1.54, 1.807) is 6.92 Å². The predicted octanol–water partition coefficient (Wildman–Crippen LogP) is 3.78. The standard InChI is InChI=1S/C27H38O8/c1-14(28)20-9-10-21-19-8-7-18-13-23(32)24(33-15(2)29)27(34-16(3)30,35-17(4)31)26(18,6)22(19)11-12-25(20,21)5/h18-22,24H,7-13H2,1-6H3/t18-,19-,20+,21-,22-,24?,25+,26-/m0/s1. The van der Waals surface area contributed by atoms with Crippen molar-refractivity contribution in [3.05, 3.63) is 0 Å². The molecule has 35 heavy (non-hydrogen) atoms. The van der Waals surface area contributed by atoms with Crippen molar-refractivity contribution in [2.45, 2.75) is 98.4 Å². The number of hydrogen-bond donors (Lipinski definition) is 0. The number of fused-ring (bicyclic) bond motifs is 5. The number of Topliss-reactive ketones (excluding diaryl/α,β-unsaturated/α-hetero) is 2. The first-order valence-electron chi connectivity index (χ1n) is 12.9. The van der Waals surface area contributed by atoms with Crippen molar-refractivity contribution >= 4 is 29.5 Å². The van der Waals surface area contributed by atoms with Gasteiger partial charge in [0.2, 0.25) is 6.10 Å². The molecule has 0 amide bonds. The zero-order chi connectivity index (χ0) is 25.9. The first-order chi connectivity index (χ1) is 16.3. The average molecular weight is 491 g/mol. The minimum absolute atomic E-state index is 0.0325. The molecule has 8 nitrogen and oxygen atoms in total. The van der Waals surface area contributed by atoms with Crippen LogP contribution in [0.15, 0.2) is 0 Å². The summed E-state index contributed by atoms with van der Waals surface area (Å²) >= 11 is 0. The monoisotopic (exact) mass is 490 g/mol. The van der Waals surface area contributed by atoms with E-state index in [2.05, 4.69) is 6.92 Å². The van der Waals surface area contributed by atoms with E-state index in [1.165, 1.54) is 20.8 Å². The fourth-order valence-electron chi connectivity index (χ4n) is 8.88. The van der Waals surface area contributed by atoms with Crippen molar-refractivity contribution in [2.24, 2.45) is 40.4 Å². The lowest BCUT2D eigenvalue weighted by Gasteiger charge is -2.64. The summed E-state index contributed by atoms with van der Waals surface area (Å²) in [7, 11) is 0. The maximum atomic E-state index is 13.3. The van der Waals surface area contributed by atoms with Crippen LogP contribution in [-0.2, 0) is 38.2 Å². The molecule has 0 aromatic rings. The molecule has 4 saturated carbocycles. The van der Waals surface area contributed by atoms with Crippen LogP contribution in [0.2, 0.25) is 0 Å². The van der Waals surface area contributed by atoms with Crippen LogP contribution in [0.5, 0.6) is 0 Å². The summed E-state index contributed by atoms with van der Waals surface area (Å²) in [5.74, 6) is -4.00. The van der Waals surface area contributed by atoms with Crippen LogP contribution in [-0.4, -0.2) is 41.4 Å². The van der Waals surface area contributed by atoms with Gasteiger partial charge in [-0.15, -0.1) is 0 Å². The maximum absolute atomic E-state index is 13.3. The summed E-state index contributed by atoms with van der Waals surface area (Å²) in [6.45, 7) is 9.47. The quantitative estimate of drug-likeness (QED) is 0.432. The number of carbonyl (C=O) groups is 5. The van der Waals surface area contributed by atoms with Gasteiger partial charge in [-0.05, 0) is 74.5 Å². The minimum Gasteiger partial charge on any atom is -0.446 e. The lowest BCUT2D eigenvalue weighted by Crippen LogP contribution is -2.73. The molecule has 0 aromatic heterocycles. The number of rotatable bonds is 4. The second kappa shape index (κ2) is 8.70.